The first-order chi connectivity index (χ1) is 6.77. The molecule has 72 valence electrons. The summed E-state index contributed by atoms with van der Waals surface area (Å²) in [7, 11) is 0. The van der Waals surface area contributed by atoms with Crippen LogP contribution in [0.4, 0.5) is 0 Å². The maximum absolute atomic E-state index is 11.4. The van der Waals surface area contributed by atoms with Gasteiger partial charge in [-0.1, -0.05) is 30.0 Å². The van der Waals surface area contributed by atoms with Crippen molar-refractivity contribution in [2.24, 2.45) is 0 Å². The van der Waals surface area contributed by atoms with Crippen LogP contribution in [0.2, 0.25) is 0 Å². The van der Waals surface area contributed by atoms with E-state index >= 15 is 0 Å². The molecule has 3 nitrogen and oxygen atoms in total. The summed E-state index contributed by atoms with van der Waals surface area (Å²) in [4.78, 5) is 17.1. The van der Waals surface area contributed by atoms with Gasteiger partial charge in [0.05, 0.1) is 18.0 Å². The van der Waals surface area contributed by atoms with Crippen LogP contribution in [0.5, 0.6) is 0 Å². The molecule has 0 aliphatic carbocycles. The van der Waals surface area contributed by atoms with E-state index in [-0.39, 0.29) is 5.91 Å². The van der Waals surface area contributed by atoms with Crippen LogP contribution in [0.1, 0.15) is 5.69 Å². The molecular formula is C9H8N2OS2. The smallest absolute Gasteiger partial charge is 0.238 e. The summed E-state index contributed by atoms with van der Waals surface area (Å²) in [5.74, 6) is 0.539. The zero-order valence-electron chi connectivity index (χ0n) is 7.34. The van der Waals surface area contributed by atoms with Gasteiger partial charge in [-0.25, -0.2) is 0 Å². The Balaban J connectivity index is 2.11. The Bertz CT molecular complexity index is 350. The fraction of sp³-hybridized carbons (Fsp3) is 0.222. The molecule has 14 heavy (non-hydrogen) atoms. The summed E-state index contributed by atoms with van der Waals surface area (Å²) in [6.07, 6.45) is 1.71. The minimum atomic E-state index is 0.0747. The normalized spacial score (nSPS) is 16.4. The van der Waals surface area contributed by atoms with Crippen molar-refractivity contribution in [3.63, 3.8) is 0 Å². The van der Waals surface area contributed by atoms with Gasteiger partial charge in [-0.15, -0.1) is 0 Å². The number of nitrogens with zero attached hydrogens (tertiary/aromatic N) is 2. The largest absolute Gasteiger partial charge is 0.291 e. The molecule has 0 radical (unpaired) electrons. The molecule has 1 fully saturated rings. The predicted molar refractivity (Wildman–Crippen MR) is 59.8 cm³/mol. The molecule has 2 heterocycles. The maximum atomic E-state index is 11.4. The molecule has 0 saturated carbocycles. The Kier molecular flexibility index (Phi) is 2.79. The number of thioether (sulfide) groups is 1. The van der Waals surface area contributed by atoms with E-state index in [4.69, 9.17) is 12.2 Å². The zero-order valence-corrected chi connectivity index (χ0v) is 8.98. The van der Waals surface area contributed by atoms with E-state index in [1.165, 1.54) is 11.8 Å². The van der Waals surface area contributed by atoms with Crippen molar-refractivity contribution in [2.75, 3.05) is 5.75 Å². The molecule has 1 aromatic rings. The number of rotatable bonds is 2. The molecule has 0 bridgehead atoms. The van der Waals surface area contributed by atoms with Gasteiger partial charge in [-0.05, 0) is 12.1 Å². The van der Waals surface area contributed by atoms with Gasteiger partial charge in [0, 0.05) is 6.20 Å². The first-order valence-electron chi connectivity index (χ1n) is 4.14. The second-order valence-electron chi connectivity index (χ2n) is 2.86. The lowest BCUT2D eigenvalue weighted by Gasteiger charge is -2.13. The molecule has 0 atom stereocenters. The highest BCUT2D eigenvalue weighted by molar-refractivity contribution is 8.23. The first kappa shape index (κ1) is 9.61. The SMILES string of the molecule is O=C1CSC(=S)N1Cc1ccccn1. The van der Waals surface area contributed by atoms with E-state index in [1.807, 2.05) is 18.2 Å². The van der Waals surface area contributed by atoms with E-state index in [0.29, 0.717) is 16.6 Å². The lowest BCUT2D eigenvalue weighted by atomic mass is 10.3. The second-order valence-corrected chi connectivity index (χ2v) is 4.46. The van der Waals surface area contributed by atoms with Gasteiger partial charge in [0.1, 0.15) is 4.32 Å². The minimum Gasteiger partial charge on any atom is -0.291 e. The van der Waals surface area contributed by atoms with Crippen molar-refractivity contribution in [1.82, 2.24) is 9.88 Å². The first-order valence-corrected chi connectivity index (χ1v) is 5.54. The molecular weight excluding hydrogens is 216 g/mol. The van der Waals surface area contributed by atoms with Crippen LogP contribution in [-0.2, 0) is 11.3 Å². The molecule has 1 aliphatic rings. The topological polar surface area (TPSA) is 33.2 Å². The highest BCUT2D eigenvalue weighted by atomic mass is 32.2. The van der Waals surface area contributed by atoms with Crippen LogP contribution in [-0.4, -0.2) is 25.9 Å². The Morgan fingerprint density at radius 2 is 2.43 bits per heavy atom. The van der Waals surface area contributed by atoms with Crippen LogP contribution in [0.3, 0.4) is 0 Å². The van der Waals surface area contributed by atoms with Gasteiger partial charge in [-0.3, -0.25) is 14.7 Å². The van der Waals surface area contributed by atoms with Gasteiger partial charge in [0.2, 0.25) is 5.91 Å². The summed E-state index contributed by atoms with van der Waals surface area (Å²) in [5, 5.41) is 0. The minimum absolute atomic E-state index is 0.0747. The lowest BCUT2D eigenvalue weighted by Crippen LogP contribution is -2.28. The fourth-order valence-corrected chi connectivity index (χ4v) is 2.26. The lowest BCUT2D eigenvalue weighted by molar-refractivity contribution is -0.124. The van der Waals surface area contributed by atoms with Gasteiger partial charge in [0.25, 0.3) is 0 Å². The van der Waals surface area contributed by atoms with Crippen molar-refractivity contribution in [3.05, 3.63) is 30.1 Å². The number of carbonyl (C=O) groups excluding carboxylic acids is 1. The number of pyridine rings is 1. The summed E-state index contributed by atoms with van der Waals surface area (Å²) in [6.45, 7) is 0.492. The average Bonchev–Trinajstić information content (AvgIpc) is 2.51. The third-order valence-electron chi connectivity index (χ3n) is 1.89. The van der Waals surface area contributed by atoms with Crippen molar-refractivity contribution in [3.8, 4) is 0 Å². The molecule has 5 heteroatoms. The summed E-state index contributed by atoms with van der Waals surface area (Å²) in [5.41, 5.74) is 0.866. The third kappa shape index (κ3) is 1.93. The van der Waals surface area contributed by atoms with Gasteiger partial charge in [0.15, 0.2) is 0 Å². The van der Waals surface area contributed by atoms with E-state index in [9.17, 15) is 4.79 Å². The number of aromatic nitrogens is 1. The van der Waals surface area contributed by atoms with Crippen molar-refractivity contribution < 1.29 is 4.79 Å². The highest BCUT2D eigenvalue weighted by Gasteiger charge is 2.26. The molecule has 1 amide bonds. The van der Waals surface area contributed by atoms with Crippen LogP contribution in [0.15, 0.2) is 24.4 Å². The fourth-order valence-electron chi connectivity index (χ4n) is 1.19. The van der Waals surface area contributed by atoms with Gasteiger partial charge >= 0.3 is 0 Å². The number of amides is 1. The van der Waals surface area contributed by atoms with E-state index in [1.54, 1.807) is 11.1 Å². The van der Waals surface area contributed by atoms with Crippen LogP contribution in [0.25, 0.3) is 0 Å². The molecule has 1 aliphatic heterocycles. The van der Waals surface area contributed by atoms with Crippen LogP contribution in [0, 0.1) is 0 Å². The van der Waals surface area contributed by atoms with Crippen LogP contribution < -0.4 is 0 Å². The molecule has 0 aromatic carbocycles. The standard InChI is InChI=1S/C9H8N2OS2/c12-8-6-14-9(13)11(8)5-7-3-1-2-4-10-7/h1-4H,5-6H2. The summed E-state index contributed by atoms with van der Waals surface area (Å²) < 4.78 is 0.653. The zero-order chi connectivity index (χ0) is 9.97. The summed E-state index contributed by atoms with van der Waals surface area (Å²) in [6, 6.07) is 5.64. The highest BCUT2D eigenvalue weighted by Crippen LogP contribution is 2.20. The molecule has 1 aromatic heterocycles. The summed E-state index contributed by atoms with van der Waals surface area (Å²) >= 11 is 6.47. The molecule has 0 N–H and O–H groups in total. The van der Waals surface area contributed by atoms with Crippen molar-refractivity contribution in [2.45, 2.75) is 6.54 Å². The Morgan fingerprint density at radius 3 is 3.00 bits per heavy atom. The number of hydrogen-bond acceptors (Lipinski definition) is 4. The number of thiocarbonyl (C=S) groups is 1. The quantitative estimate of drug-likeness (QED) is 0.712. The van der Waals surface area contributed by atoms with E-state index in [2.05, 4.69) is 4.98 Å². The molecule has 0 unspecified atom stereocenters. The molecule has 2 rings (SSSR count). The number of carbonyl (C=O) groups is 1. The van der Waals surface area contributed by atoms with Gasteiger partial charge < -0.3 is 0 Å². The number of hydrogen-bond donors (Lipinski definition) is 0. The third-order valence-corrected chi connectivity index (χ3v) is 3.32. The van der Waals surface area contributed by atoms with E-state index < -0.39 is 0 Å². The average molecular weight is 224 g/mol. The van der Waals surface area contributed by atoms with Crippen molar-refractivity contribution in [1.29, 1.82) is 0 Å². The Hall–Kier alpha value is -0.940. The maximum Gasteiger partial charge on any atom is 0.238 e. The Morgan fingerprint density at radius 1 is 1.57 bits per heavy atom. The molecule has 0 spiro atoms. The second kappa shape index (κ2) is 4.06. The Labute approximate surface area is 91.5 Å². The molecule has 1 saturated heterocycles. The van der Waals surface area contributed by atoms with Gasteiger partial charge in [-0.2, -0.15) is 0 Å². The predicted octanol–water partition coefficient (Wildman–Crippen LogP) is 1.44. The van der Waals surface area contributed by atoms with Crippen LogP contribution >= 0.6 is 24.0 Å². The van der Waals surface area contributed by atoms with Crippen molar-refractivity contribution >= 4 is 34.2 Å². The monoisotopic (exact) mass is 224 g/mol. The van der Waals surface area contributed by atoms with E-state index in [0.717, 1.165) is 5.69 Å².